The number of ether oxygens (including phenoxy) is 3. The summed E-state index contributed by atoms with van der Waals surface area (Å²) in [5.74, 6) is 1.28. The summed E-state index contributed by atoms with van der Waals surface area (Å²) in [4.78, 5) is 14.7. The summed E-state index contributed by atoms with van der Waals surface area (Å²) in [5.41, 5.74) is 0.331. The smallest absolute Gasteiger partial charge is 0.254 e. The Morgan fingerprint density at radius 2 is 2.12 bits per heavy atom. The van der Waals surface area contributed by atoms with Crippen molar-refractivity contribution in [2.75, 3.05) is 46.6 Å². The molecule has 0 radical (unpaired) electrons. The lowest BCUT2D eigenvalue weighted by molar-refractivity contribution is 0.00896. The largest absolute Gasteiger partial charge is 0.486 e. The molecule has 1 aromatic rings. The van der Waals surface area contributed by atoms with Gasteiger partial charge in [0.25, 0.3) is 5.91 Å². The van der Waals surface area contributed by atoms with Crippen molar-refractivity contribution >= 4 is 5.91 Å². The van der Waals surface area contributed by atoms with E-state index in [1.807, 2.05) is 4.90 Å². The number of likely N-dealkylation sites (tertiary alicyclic amines) is 1. The van der Waals surface area contributed by atoms with E-state index >= 15 is 0 Å². The number of benzene rings is 1. The molecule has 1 atom stereocenters. The fraction of sp³-hybridized carbons (Fsp3) is 0.611. The third-order valence-electron chi connectivity index (χ3n) is 4.91. The Morgan fingerprint density at radius 1 is 1.33 bits per heavy atom. The van der Waals surface area contributed by atoms with Crippen LogP contribution in [0.2, 0.25) is 0 Å². The van der Waals surface area contributed by atoms with E-state index in [0.29, 0.717) is 50.0 Å². The second-order valence-electron chi connectivity index (χ2n) is 6.59. The van der Waals surface area contributed by atoms with Gasteiger partial charge in [-0.25, -0.2) is 0 Å². The van der Waals surface area contributed by atoms with Crippen molar-refractivity contribution in [3.8, 4) is 11.5 Å². The number of rotatable bonds is 5. The quantitative estimate of drug-likeness (QED) is 0.887. The van der Waals surface area contributed by atoms with Crippen molar-refractivity contribution in [2.45, 2.75) is 19.3 Å². The molecule has 2 heterocycles. The van der Waals surface area contributed by atoms with Gasteiger partial charge < -0.3 is 24.2 Å². The highest BCUT2D eigenvalue weighted by atomic mass is 16.6. The lowest BCUT2D eigenvalue weighted by atomic mass is 9.78. The summed E-state index contributed by atoms with van der Waals surface area (Å²) in [5, 5.41) is 9.87. The number of hydrogen-bond donors (Lipinski definition) is 1. The number of fused-ring (bicyclic) bond motifs is 1. The summed E-state index contributed by atoms with van der Waals surface area (Å²) in [6.45, 7) is 2.96. The number of nitrogens with zero attached hydrogens (tertiary/aromatic N) is 1. The third kappa shape index (κ3) is 3.49. The number of piperidine rings is 1. The molecule has 6 heteroatoms. The van der Waals surface area contributed by atoms with E-state index in [1.54, 1.807) is 25.3 Å². The van der Waals surface area contributed by atoms with Crippen molar-refractivity contribution < 1.29 is 24.1 Å². The fourth-order valence-electron chi connectivity index (χ4n) is 3.47. The highest BCUT2D eigenvalue weighted by Crippen LogP contribution is 2.35. The number of methoxy groups -OCH3 is 1. The second-order valence-corrected chi connectivity index (χ2v) is 6.59. The molecule has 1 N–H and O–H groups in total. The van der Waals surface area contributed by atoms with Crippen molar-refractivity contribution in [3.63, 3.8) is 0 Å². The topological polar surface area (TPSA) is 68.2 Å². The Morgan fingerprint density at radius 3 is 2.88 bits per heavy atom. The summed E-state index contributed by atoms with van der Waals surface area (Å²) in [6, 6.07) is 5.32. The van der Waals surface area contributed by atoms with Crippen LogP contribution >= 0.6 is 0 Å². The molecular formula is C18H25NO5. The molecule has 2 aliphatic heterocycles. The average Bonchev–Trinajstić information content (AvgIpc) is 2.65. The maximum Gasteiger partial charge on any atom is 0.254 e. The molecule has 1 fully saturated rings. The molecule has 24 heavy (non-hydrogen) atoms. The van der Waals surface area contributed by atoms with Gasteiger partial charge >= 0.3 is 0 Å². The summed E-state index contributed by atoms with van der Waals surface area (Å²) in [6.07, 6.45) is 2.56. The predicted octanol–water partition coefficient (Wildman–Crippen LogP) is 1.71. The molecular weight excluding hydrogens is 310 g/mol. The molecule has 1 amide bonds. The van der Waals surface area contributed by atoms with Crippen molar-refractivity contribution in [1.82, 2.24) is 4.90 Å². The maximum atomic E-state index is 12.9. The van der Waals surface area contributed by atoms with Crippen LogP contribution in [0.1, 0.15) is 29.6 Å². The Labute approximate surface area is 142 Å². The van der Waals surface area contributed by atoms with Gasteiger partial charge in [-0.15, -0.1) is 0 Å². The molecule has 0 aromatic heterocycles. The summed E-state index contributed by atoms with van der Waals surface area (Å²) < 4.78 is 16.2. The number of carbonyl (C=O) groups excluding carboxylic acids is 1. The van der Waals surface area contributed by atoms with Crippen molar-refractivity contribution in [3.05, 3.63) is 23.8 Å². The molecule has 2 aliphatic rings. The van der Waals surface area contributed by atoms with Gasteiger partial charge in [-0.1, -0.05) is 0 Å². The van der Waals surface area contributed by atoms with Crippen LogP contribution in [0.15, 0.2) is 18.2 Å². The molecule has 1 unspecified atom stereocenters. The second kappa shape index (κ2) is 7.40. The zero-order valence-electron chi connectivity index (χ0n) is 14.1. The average molecular weight is 335 g/mol. The lowest BCUT2D eigenvalue weighted by Gasteiger charge is -2.42. The van der Waals surface area contributed by atoms with E-state index in [1.165, 1.54) is 0 Å². The number of carbonyl (C=O) groups is 1. The standard InChI is InChI=1S/C18H25NO5/c1-22-8-6-18(13-20)5-2-7-19(12-18)17(21)14-3-4-15-16(11-14)24-10-9-23-15/h3-4,11,20H,2,5-10,12-13H2,1H3. The first-order chi connectivity index (χ1) is 11.7. The van der Waals surface area contributed by atoms with E-state index in [0.717, 1.165) is 19.3 Å². The summed E-state index contributed by atoms with van der Waals surface area (Å²) in [7, 11) is 1.66. The first-order valence-corrected chi connectivity index (χ1v) is 8.46. The van der Waals surface area contributed by atoms with E-state index < -0.39 is 0 Å². The normalized spacial score (nSPS) is 23.2. The van der Waals surface area contributed by atoms with Gasteiger partial charge in [0.2, 0.25) is 0 Å². The Bertz CT molecular complexity index is 591. The molecule has 1 aromatic carbocycles. The van der Waals surface area contributed by atoms with Gasteiger partial charge in [0.15, 0.2) is 11.5 Å². The molecule has 0 bridgehead atoms. The van der Waals surface area contributed by atoms with E-state index in [-0.39, 0.29) is 17.9 Å². The molecule has 6 nitrogen and oxygen atoms in total. The number of hydrogen-bond acceptors (Lipinski definition) is 5. The molecule has 1 saturated heterocycles. The molecule has 132 valence electrons. The fourth-order valence-corrected chi connectivity index (χ4v) is 3.47. The minimum Gasteiger partial charge on any atom is -0.486 e. The highest BCUT2D eigenvalue weighted by Gasteiger charge is 2.36. The van der Waals surface area contributed by atoms with Crippen LogP contribution in [0.3, 0.4) is 0 Å². The van der Waals surface area contributed by atoms with Crippen LogP contribution in [0.4, 0.5) is 0 Å². The number of aliphatic hydroxyl groups is 1. The lowest BCUT2D eigenvalue weighted by Crippen LogP contribution is -2.48. The van der Waals surface area contributed by atoms with E-state index in [2.05, 4.69) is 0 Å². The van der Waals surface area contributed by atoms with Crippen LogP contribution in [-0.2, 0) is 4.74 Å². The zero-order valence-corrected chi connectivity index (χ0v) is 14.1. The van der Waals surface area contributed by atoms with Gasteiger partial charge in [-0.3, -0.25) is 4.79 Å². The van der Waals surface area contributed by atoms with Gasteiger partial charge in [-0.05, 0) is 37.5 Å². The van der Waals surface area contributed by atoms with Gasteiger partial charge in [0.1, 0.15) is 13.2 Å². The monoisotopic (exact) mass is 335 g/mol. The van der Waals surface area contributed by atoms with Crippen molar-refractivity contribution in [1.29, 1.82) is 0 Å². The van der Waals surface area contributed by atoms with Crippen LogP contribution in [0, 0.1) is 5.41 Å². The van der Waals surface area contributed by atoms with Gasteiger partial charge in [-0.2, -0.15) is 0 Å². The minimum absolute atomic E-state index is 0.0260. The Balaban J connectivity index is 1.74. The summed E-state index contributed by atoms with van der Waals surface area (Å²) >= 11 is 0. The first-order valence-electron chi connectivity index (χ1n) is 8.46. The zero-order chi connectivity index (χ0) is 17.0. The molecule has 3 rings (SSSR count). The Kier molecular flexibility index (Phi) is 5.26. The number of amides is 1. The van der Waals surface area contributed by atoms with Crippen molar-refractivity contribution in [2.24, 2.45) is 5.41 Å². The Hall–Kier alpha value is -1.79. The number of aliphatic hydroxyl groups excluding tert-OH is 1. The van der Waals surface area contributed by atoms with Gasteiger partial charge in [0, 0.05) is 37.8 Å². The molecule has 0 spiro atoms. The molecule has 0 saturated carbocycles. The highest BCUT2D eigenvalue weighted by molar-refractivity contribution is 5.95. The van der Waals surface area contributed by atoms with E-state index in [9.17, 15) is 9.90 Å². The maximum absolute atomic E-state index is 12.9. The van der Waals surface area contributed by atoms with Crippen LogP contribution in [0.5, 0.6) is 11.5 Å². The van der Waals surface area contributed by atoms with Crippen LogP contribution in [0.25, 0.3) is 0 Å². The van der Waals surface area contributed by atoms with Crippen LogP contribution < -0.4 is 9.47 Å². The SMILES string of the molecule is COCCC1(CO)CCCN(C(=O)c2ccc3c(c2)OCCO3)C1. The van der Waals surface area contributed by atoms with Crippen LogP contribution in [-0.4, -0.2) is 62.5 Å². The third-order valence-corrected chi connectivity index (χ3v) is 4.91. The van der Waals surface area contributed by atoms with E-state index in [4.69, 9.17) is 14.2 Å². The first kappa shape index (κ1) is 17.0. The predicted molar refractivity (Wildman–Crippen MR) is 88.6 cm³/mol. The van der Waals surface area contributed by atoms with Gasteiger partial charge in [0.05, 0.1) is 6.61 Å². The molecule has 0 aliphatic carbocycles. The minimum atomic E-state index is -0.266.